The highest BCUT2D eigenvalue weighted by Crippen LogP contribution is 2.32. The van der Waals surface area contributed by atoms with Gasteiger partial charge in [-0.3, -0.25) is 9.59 Å². The lowest BCUT2D eigenvalue weighted by atomic mass is 10.1. The number of nitrogens with two attached hydrogens (primary N) is 1. The molecule has 0 aliphatic carbocycles. The molecule has 0 saturated heterocycles. The van der Waals surface area contributed by atoms with Gasteiger partial charge in [-0.1, -0.05) is 0 Å². The summed E-state index contributed by atoms with van der Waals surface area (Å²) in [5.41, 5.74) is 9.16. The van der Waals surface area contributed by atoms with E-state index >= 15 is 0 Å². The average molecular weight is 500 g/mol. The van der Waals surface area contributed by atoms with Gasteiger partial charge in [0.25, 0.3) is 5.91 Å². The van der Waals surface area contributed by atoms with Crippen molar-refractivity contribution in [3.05, 3.63) is 41.0 Å². The summed E-state index contributed by atoms with van der Waals surface area (Å²) in [5, 5.41) is 5.34. The summed E-state index contributed by atoms with van der Waals surface area (Å²) in [6.45, 7) is 3.79. The van der Waals surface area contributed by atoms with Crippen LogP contribution in [0.15, 0.2) is 29.8 Å². The van der Waals surface area contributed by atoms with Crippen LogP contribution in [0.25, 0.3) is 22.0 Å². The van der Waals surface area contributed by atoms with E-state index in [1.807, 2.05) is 22.9 Å². The second-order valence-corrected chi connectivity index (χ2v) is 8.80. The lowest BCUT2D eigenvalue weighted by molar-refractivity contribution is -0.145. The Bertz CT molecular complexity index is 1200. The zero-order valence-corrected chi connectivity index (χ0v) is 21.0. The molecule has 0 radical (unpaired) electrons. The number of carbonyl (C=O) groups excluding carboxylic acids is 3. The highest BCUT2D eigenvalue weighted by molar-refractivity contribution is 7.13. The molecule has 10 nitrogen and oxygen atoms in total. The number of carbonyl (C=O) groups is 3. The van der Waals surface area contributed by atoms with Crippen molar-refractivity contribution >= 4 is 29.1 Å². The quantitative estimate of drug-likeness (QED) is 0.305. The van der Waals surface area contributed by atoms with Crippen molar-refractivity contribution < 1.29 is 23.9 Å². The van der Waals surface area contributed by atoms with Gasteiger partial charge in [-0.05, 0) is 38.3 Å². The summed E-state index contributed by atoms with van der Waals surface area (Å²) in [4.78, 5) is 44.3. The molecule has 0 bridgehead atoms. The maximum absolute atomic E-state index is 12.0. The van der Waals surface area contributed by atoms with Gasteiger partial charge >= 0.3 is 5.97 Å². The Kier molecular flexibility index (Phi) is 8.58. The minimum absolute atomic E-state index is 0.290. The molecule has 0 aromatic carbocycles. The third kappa shape index (κ3) is 6.24. The zero-order valence-electron chi connectivity index (χ0n) is 20.2. The van der Waals surface area contributed by atoms with E-state index in [0.717, 1.165) is 27.7 Å². The third-order valence-corrected chi connectivity index (χ3v) is 6.47. The first-order valence-corrected chi connectivity index (χ1v) is 11.9. The fraction of sp³-hybridized carbons (Fsp3) is 0.375. The van der Waals surface area contributed by atoms with Gasteiger partial charge in [-0.2, -0.15) is 0 Å². The van der Waals surface area contributed by atoms with Crippen molar-refractivity contribution in [3.8, 4) is 27.8 Å². The molecule has 3 rings (SSSR count). The summed E-state index contributed by atoms with van der Waals surface area (Å²) in [7, 11) is 2.85. The van der Waals surface area contributed by atoms with Crippen LogP contribution in [0.4, 0.5) is 0 Å². The Morgan fingerprint density at radius 2 is 2.00 bits per heavy atom. The van der Waals surface area contributed by atoms with E-state index in [9.17, 15) is 14.4 Å². The molecule has 186 valence electrons. The van der Waals surface area contributed by atoms with E-state index < -0.39 is 17.9 Å². The fourth-order valence-corrected chi connectivity index (χ4v) is 4.61. The molecule has 1 unspecified atom stereocenters. The predicted octanol–water partition coefficient (Wildman–Crippen LogP) is 2.94. The largest absolute Gasteiger partial charge is 0.481 e. The maximum atomic E-state index is 12.0. The number of methoxy groups -OCH3 is 2. The Balaban J connectivity index is 1.79. The number of aromatic nitrogens is 3. The van der Waals surface area contributed by atoms with Crippen LogP contribution in [0.5, 0.6) is 5.88 Å². The summed E-state index contributed by atoms with van der Waals surface area (Å²) in [6, 6.07) is 4.73. The Hall–Kier alpha value is -3.73. The standard InChI is InChI=1S/C24H29N5O5S/c1-14-17(22(25)31)11-20(19-13-35-23(28-19)16-8-9-21(33-3)26-12-16)29(14)10-6-5-7-18(24(32)34-4)27-15(2)30/h8-9,11-13,18H,5-7,10H2,1-4H3,(H2,25,31)(H,27,30). The highest BCUT2D eigenvalue weighted by Gasteiger charge is 2.21. The van der Waals surface area contributed by atoms with Crippen LogP contribution in [-0.2, 0) is 20.9 Å². The van der Waals surface area contributed by atoms with Crippen LogP contribution in [0.1, 0.15) is 42.2 Å². The monoisotopic (exact) mass is 499 g/mol. The predicted molar refractivity (Wildman–Crippen MR) is 132 cm³/mol. The molecule has 11 heteroatoms. The average Bonchev–Trinajstić information content (AvgIpc) is 3.45. The van der Waals surface area contributed by atoms with Gasteiger partial charge < -0.3 is 25.1 Å². The molecular weight excluding hydrogens is 470 g/mol. The van der Waals surface area contributed by atoms with Gasteiger partial charge in [0.05, 0.1) is 31.2 Å². The van der Waals surface area contributed by atoms with Crippen molar-refractivity contribution in [2.75, 3.05) is 14.2 Å². The molecule has 2 amide bonds. The molecular formula is C24H29N5O5S. The number of primary amides is 1. The number of hydrogen-bond donors (Lipinski definition) is 2. The number of nitrogens with one attached hydrogen (secondary N) is 1. The number of thiazole rings is 1. The fourth-order valence-electron chi connectivity index (χ4n) is 3.80. The molecule has 35 heavy (non-hydrogen) atoms. The van der Waals surface area contributed by atoms with Gasteiger partial charge in [-0.15, -0.1) is 11.3 Å². The number of pyridine rings is 1. The summed E-state index contributed by atoms with van der Waals surface area (Å²) in [6.07, 6.45) is 3.50. The Morgan fingerprint density at radius 3 is 2.60 bits per heavy atom. The number of amides is 2. The molecule has 1 atom stereocenters. The van der Waals surface area contributed by atoms with Gasteiger partial charge in [-0.25, -0.2) is 14.8 Å². The first kappa shape index (κ1) is 25.9. The highest BCUT2D eigenvalue weighted by atomic mass is 32.1. The minimum atomic E-state index is -0.692. The number of nitrogens with zero attached hydrogens (tertiary/aromatic N) is 3. The number of rotatable bonds is 11. The number of ether oxygens (including phenoxy) is 2. The van der Waals surface area contributed by atoms with Gasteiger partial charge in [0.1, 0.15) is 11.0 Å². The van der Waals surface area contributed by atoms with E-state index in [-0.39, 0.29) is 5.91 Å². The van der Waals surface area contributed by atoms with Crippen LogP contribution >= 0.6 is 11.3 Å². The molecule has 0 aliphatic heterocycles. The van der Waals surface area contributed by atoms with Gasteiger partial charge in [0.2, 0.25) is 11.8 Å². The Labute approximate surface area is 207 Å². The van der Waals surface area contributed by atoms with Crippen LogP contribution in [0.2, 0.25) is 0 Å². The normalized spacial score (nSPS) is 11.7. The van der Waals surface area contributed by atoms with Crippen molar-refractivity contribution in [2.24, 2.45) is 5.73 Å². The molecule has 0 spiro atoms. The summed E-state index contributed by atoms with van der Waals surface area (Å²) in [5.74, 6) is -0.749. The van der Waals surface area contributed by atoms with Crippen molar-refractivity contribution in [1.82, 2.24) is 19.9 Å². The van der Waals surface area contributed by atoms with Crippen molar-refractivity contribution in [2.45, 2.75) is 45.7 Å². The minimum Gasteiger partial charge on any atom is -0.481 e. The van der Waals surface area contributed by atoms with Gasteiger partial charge in [0, 0.05) is 42.4 Å². The molecule has 0 saturated carbocycles. The lowest BCUT2D eigenvalue weighted by Crippen LogP contribution is -2.40. The van der Waals surface area contributed by atoms with Crippen molar-refractivity contribution in [1.29, 1.82) is 0 Å². The van der Waals surface area contributed by atoms with Gasteiger partial charge in [0.15, 0.2) is 0 Å². The van der Waals surface area contributed by atoms with E-state index in [1.54, 1.807) is 25.4 Å². The maximum Gasteiger partial charge on any atom is 0.328 e. The smallest absolute Gasteiger partial charge is 0.328 e. The first-order chi connectivity index (χ1) is 16.7. The van der Waals surface area contributed by atoms with Crippen LogP contribution in [0, 0.1) is 6.92 Å². The van der Waals surface area contributed by atoms with Crippen LogP contribution in [0.3, 0.4) is 0 Å². The number of unbranched alkanes of at least 4 members (excludes halogenated alkanes) is 1. The SMILES string of the molecule is COC(=O)C(CCCCn1c(-c2csc(-c3ccc(OC)nc3)n2)cc(C(N)=O)c1C)NC(C)=O. The van der Waals surface area contributed by atoms with Crippen LogP contribution < -0.4 is 15.8 Å². The second kappa shape index (κ2) is 11.6. The second-order valence-electron chi connectivity index (χ2n) is 7.94. The lowest BCUT2D eigenvalue weighted by Gasteiger charge is -2.16. The molecule has 0 aliphatic rings. The van der Waals surface area contributed by atoms with Crippen LogP contribution in [-0.4, -0.2) is 52.6 Å². The number of hydrogen-bond acceptors (Lipinski definition) is 8. The molecule has 3 aromatic rings. The third-order valence-electron chi connectivity index (χ3n) is 5.58. The molecule has 3 heterocycles. The number of esters is 1. The van der Waals surface area contributed by atoms with E-state index in [2.05, 4.69) is 10.3 Å². The van der Waals surface area contributed by atoms with E-state index in [0.29, 0.717) is 37.3 Å². The Morgan fingerprint density at radius 1 is 1.23 bits per heavy atom. The zero-order chi connectivity index (χ0) is 25.5. The topological polar surface area (TPSA) is 138 Å². The van der Waals surface area contributed by atoms with E-state index in [1.165, 1.54) is 25.4 Å². The first-order valence-electron chi connectivity index (χ1n) is 11.1. The molecule has 3 N–H and O–H groups in total. The summed E-state index contributed by atoms with van der Waals surface area (Å²) < 4.78 is 11.9. The molecule has 0 fully saturated rings. The van der Waals surface area contributed by atoms with Crippen molar-refractivity contribution in [3.63, 3.8) is 0 Å². The molecule has 3 aromatic heterocycles. The van der Waals surface area contributed by atoms with E-state index in [4.69, 9.17) is 20.2 Å². The summed E-state index contributed by atoms with van der Waals surface area (Å²) >= 11 is 1.47.